The molecule has 0 aliphatic heterocycles. The van der Waals surface area contributed by atoms with E-state index in [1.54, 1.807) is 6.07 Å². The van der Waals surface area contributed by atoms with Gasteiger partial charge in [0.05, 0.1) is 12.6 Å². The molecule has 0 aliphatic rings. The van der Waals surface area contributed by atoms with Gasteiger partial charge in [-0.3, -0.25) is 0 Å². The van der Waals surface area contributed by atoms with Gasteiger partial charge in [-0.25, -0.2) is 4.79 Å². The fraction of sp³-hybridized carbons (Fsp3) is 0.364. The number of hydrogen-bond donors (Lipinski definition) is 1. The number of terminal acetylenes is 1. The quantitative estimate of drug-likeness (QED) is 0.609. The van der Waals surface area contributed by atoms with Crippen LogP contribution in [0.1, 0.15) is 24.3 Å². The average molecular weight is 219 g/mol. The third-order valence-electron chi connectivity index (χ3n) is 1.86. The predicted octanol–water partition coefficient (Wildman–Crippen LogP) is 1.09. The minimum absolute atomic E-state index is 0.159. The summed E-state index contributed by atoms with van der Waals surface area (Å²) in [6.07, 6.45) is 5.32. The van der Waals surface area contributed by atoms with Gasteiger partial charge >= 0.3 is 5.97 Å². The van der Waals surface area contributed by atoms with Crippen LogP contribution in [0.15, 0.2) is 12.1 Å². The number of methoxy groups -OCH3 is 1. The molecule has 1 N–H and O–H groups in total. The van der Waals surface area contributed by atoms with Crippen LogP contribution in [-0.2, 0) is 4.74 Å². The van der Waals surface area contributed by atoms with E-state index in [-0.39, 0.29) is 5.69 Å². The van der Waals surface area contributed by atoms with Crippen LogP contribution in [0.3, 0.4) is 0 Å². The Morgan fingerprint density at radius 2 is 2.19 bits per heavy atom. The lowest BCUT2D eigenvalue weighted by molar-refractivity contribution is 0.0593. The zero-order valence-electron chi connectivity index (χ0n) is 9.44. The molecule has 16 heavy (non-hydrogen) atoms. The van der Waals surface area contributed by atoms with Crippen molar-refractivity contribution in [1.29, 1.82) is 0 Å². The van der Waals surface area contributed by atoms with E-state index in [9.17, 15) is 4.79 Å². The number of aromatic nitrogens is 2. The summed E-state index contributed by atoms with van der Waals surface area (Å²) in [5, 5.41) is 10.5. The van der Waals surface area contributed by atoms with Crippen molar-refractivity contribution in [2.45, 2.75) is 19.4 Å². The lowest BCUT2D eigenvalue weighted by Gasteiger charge is -2.19. The molecule has 1 heterocycles. The molecule has 0 fully saturated rings. The zero-order valence-corrected chi connectivity index (χ0v) is 9.44. The number of nitrogens with zero attached hydrogens (tertiary/aromatic N) is 2. The van der Waals surface area contributed by atoms with E-state index in [0.29, 0.717) is 5.82 Å². The van der Waals surface area contributed by atoms with Crippen molar-refractivity contribution >= 4 is 11.8 Å². The first-order valence-corrected chi connectivity index (χ1v) is 4.66. The Morgan fingerprint density at radius 3 is 2.62 bits per heavy atom. The van der Waals surface area contributed by atoms with Crippen molar-refractivity contribution in [2.24, 2.45) is 0 Å². The molecule has 0 radical (unpaired) electrons. The number of hydrogen-bond acceptors (Lipinski definition) is 5. The van der Waals surface area contributed by atoms with Crippen LogP contribution in [0.4, 0.5) is 5.82 Å². The number of rotatable bonds is 3. The lowest BCUT2D eigenvalue weighted by Crippen LogP contribution is -2.29. The smallest absolute Gasteiger partial charge is 0.358 e. The first-order chi connectivity index (χ1) is 7.48. The predicted molar refractivity (Wildman–Crippen MR) is 59.9 cm³/mol. The van der Waals surface area contributed by atoms with Gasteiger partial charge in [-0.1, -0.05) is 5.92 Å². The van der Waals surface area contributed by atoms with Gasteiger partial charge in [0.1, 0.15) is 5.82 Å². The zero-order chi connectivity index (χ0) is 12.2. The molecule has 0 aliphatic carbocycles. The van der Waals surface area contributed by atoms with Crippen LogP contribution in [0.25, 0.3) is 0 Å². The number of carbonyl (C=O) groups excluding carboxylic acids is 1. The summed E-state index contributed by atoms with van der Waals surface area (Å²) in [5.41, 5.74) is -0.354. The van der Waals surface area contributed by atoms with Crippen molar-refractivity contribution < 1.29 is 9.53 Å². The van der Waals surface area contributed by atoms with Crippen LogP contribution in [0.2, 0.25) is 0 Å². The number of esters is 1. The van der Waals surface area contributed by atoms with Crippen LogP contribution >= 0.6 is 0 Å². The fourth-order valence-electron chi connectivity index (χ4n) is 0.969. The molecule has 1 aromatic rings. The summed E-state index contributed by atoms with van der Waals surface area (Å²) in [5.74, 6) is 2.56. The van der Waals surface area contributed by atoms with E-state index < -0.39 is 11.5 Å². The first-order valence-electron chi connectivity index (χ1n) is 4.66. The van der Waals surface area contributed by atoms with Gasteiger partial charge in [0.15, 0.2) is 5.69 Å². The second-order valence-electron chi connectivity index (χ2n) is 3.69. The molecule has 0 unspecified atom stereocenters. The van der Waals surface area contributed by atoms with E-state index in [2.05, 4.69) is 26.2 Å². The van der Waals surface area contributed by atoms with Crippen molar-refractivity contribution in [3.05, 3.63) is 17.8 Å². The van der Waals surface area contributed by atoms with E-state index in [0.717, 1.165) is 0 Å². The number of ether oxygens (including phenoxy) is 1. The summed E-state index contributed by atoms with van der Waals surface area (Å²) in [4.78, 5) is 11.1. The molecule has 1 aromatic heterocycles. The molecule has 0 saturated heterocycles. The molecule has 0 atom stereocenters. The van der Waals surface area contributed by atoms with Crippen molar-refractivity contribution in [3.63, 3.8) is 0 Å². The van der Waals surface area contributed by atoms with E-state index in [4.69, 9.17) is 6.42 Å². The highest BCUT2D eigenvalue weighted by molar-refractivity contribution is 5.86. The molecular formula is C11H13N3O2. The average Bonchev–Trinajstić information content (AvgIpc) is 2.28. The van der Waals surface area contributed by atoms with Crippen molar-refractivity contribution in [3.8, 4) is 12.3 Å². The molecule has 1 rings (SSSR count). The summed E-state index contributed by atoms with van der Waals surface area (Å²) >= 11 is 0. The Labute approximate surface area is 94.2 Å². The van der Waals surface area contributed by atoms with Crippen LogP contribution in [-0.4, -0.2) is 28.8 Å². The Kier molecular flexibility index (Phi) is 3.46. The second-order valence-corrected chi connectivity index (χ2v) is 3.69. The van der Waals surface area contributed by atoms with Gasteiger partial charge in [-0.05, 0) is 26.0 Å². The molecule has 5 nitrogen and oxygen atoms in total. The molecular weight excluding hydrogens is 206 g/mol. The number of nitrogens with one attached hydrogen (secondary N) is 1. The van der Waals surface area contributed by atoms with E-state index in [1.165, 1.54) is 13.2 Å². The number of carbonyl (C=O) groups is 1. The summed E-state index contributed by atoms with van der Waals surface area (Å²) < 4.78 is 4.50. The highest BCUT2D eigenvalue weighted by atomic mass is 16.5. The maximum Gasteiger partial charge on any atom is 0.358 e. The van der Waals surface area contributed by atoms with E-state index in [1.807, 2.05) is 13.8 Å². The van der Waals surface area contributed by atoms with Gasteiger partial charge in [-0.2, -0.15) is 0 Å². The largest absolute Gasteiger partial charge is 0.464 e. The minimum Gasteiger partial charge on any atom is -0.464 e. The van der Waals surface area contributed by atoms with Gasteiger partial charge in [0, 0.05) is 0 Å². The Morgan fingerprint density at radius 1 is 1.50 bits per heavy atom. The highest BCUT2D eigenvalue weighted by Crippen LogP contribution is 2.10. The summed E-state index contributed by atoms with van der Waals surface area (Å²) in [6, 6.07) is 3.14. The molecule has 0 spiro atoms. The maximum absolute atomic E-state index is 11.1. The minimum atomic E-state index is -0.518. The van der Waals surface area contributed by atoms with Crippen LogP contribution < -0.4 is 5.32 Å². The van der Waals surface area contributed by atoms with Gasteiger partial charge < -0.3 is 10.1 Å². The monoisotopic (exact) mass is 219 g/mol. The topological polar surface area (TPSA) is 64.1 Å². The molecule has 5 heteroatoms. The van der Waals surface area contributed by atoms with Crippen LogP contribution in [0.5, 0.6) is 0 Å². The first kappa shape index (κ1) is 12.0. The summed E-state index contributed by atoms with van der Waals surface area (Å²) in [6.45, 7) is 3.67. The van der Waals surface area contributed by atoms with Crippen molar-refractivity contribution in [2.75, 3.05) is 12.4 Å². The summed E-state index contributed by atoms with van der Waals surface area (Å²) in [7, 11) is 1.29. The lowest BCUT2D eigenvalue weighted by atomic mass is 10.1. The maximum atomic E-state index is 11.1. The third kappa shape index (κ3) is 2.95. The SMILES string of the molecule is C#CC(C)(C)Nc1ccc(C(=O)OC)nn1. The van der Waals surface area contributed by atoms with E-state index >= 15 is 0 Å². The normalized spacial score (nSPS) is 10.4. The second kappa shape index (κ2) is 4.62. The van der Waals surface area contributed by atoms with Gasteiger partial charge in [0.2, 0.25) is 0 Å². The van der Waals surface area contributed by atoms with Crippen molar-refractivity contribution in [1.82, 2.24) is 10.2 Å². The molecule has 0 saturated carbocycles. The van der Waals surface area contributed by atoms with Gasteiger partial charge in [0.25, 0.3) is 0 Å². The number of anilines is 1. The molecule has 0 amide bonds. The Hall–Kier alpha value is -2.09. The molecule has 0 bridgehead atoms. The molecule has 84 valence electrons. The fourth-order valence-corrected chi connectivity index (χ4v) is 0.969. The standard InChI is InChI=1S/C11H13N3O2/c1-5-11(2,3)12-9-7-6-8(13-14-9)10(15)16-4/h1,6-7H,2-4H3,(H,12,14). The third-order valence-corrected chi connectivity index (χ3v) is 1.86. The van der Waals surface area contributed by atoms with Crippen LogP contribution in [0, 0.1) is 12.3 Å². The Bertz CT molecular complexity index is 418. The molecule has 0 aromatic carbocycles. The van der Waals surface area contributed by atoms with Gasteiger partial charge in [-0.15, -0.1) is 16.6 Å². The highest BCUT2D eigenvalue weighted by Gasteiger charge is 2.14. The Balaban J connectivity index is 2.81.